The van der Waals surface area contributed by atoms with Gasteiger partial charge in [-0.1, -0.05) is 12.8 Å². The molecule has 1 saturated carbocycles. The zero-order valence-corrected chi connectivity index (χ0v) is 13.5. The normalized spacial score (nSPS) is 34.5. The monoisotopic (exact) mass is 310 g/mol. The van der Waals surface area contributed by atoms with Gasteiger partial charge in [-0.3, -0.25) is 4.79 Å². The van der Waals surface area contributed by atoms with Crippen molar-refractivity contribution in [1.29, 1.82) is 0 Å². The van der Waals surface area contributed by atoms with Crippen molar-refractivity contribution in [2.24, 2.45) is 5.92 Å². The maximum absolute atomic E-state index is 12.2. The van der Waals surface area contributed by atoms with Crippen LogP contribution in [-0.2, 0) is 14.3 Å². The smallest absolute Gasteiger partial charge is 0.237 e. The molecule has 126 valence electrons. The van der Waals surface area contributed by atoms with Crippen molar-refractivity contribution in [2.45, 2.75) is 69.6 Å². The second kappa shape index (κ2) is 8.27. The van der Waals surface area contributed by atoms with Gasteiger partial charge >= 0.3 is 0 Å². The molecule has 0 aromatic carbocycles. The Hall–Kier alpha value is -0.650. The average molecular weight is 310 g/mol. The summed E-state index contributed by atoms with van der Waals surface area (Å²) in [5.41, 5.74) is 0. The minimum absolute atomic E-state index is 0.0286. The van der Waals surface area contributed by atoms with Crippen LogP contribution in [0.3, 0.4) is 0 Å². The van der Waals surface area contributed by atoms with Crippen molar-refractivity contribution in [3.8, 4) is 0 Å². The quantitative estimate of drug-likeness (QED) is 0.701. The van der Waals surface area contributed by atoms with E-state index in [1.165, 1.54) is 25.7 Å². The molecule has 0 aromatic rings. The van der Waals surface area contributed by atoms with Crippen LogP contribution >= 0.6 is 0 Å². The lowest BCUT2D eigenvalue weighted by molar-refractivity contribution is -0.122. The molecular formula is C17H30N2O3. The molecule has 1 aliphatic carbocycles. The van der Waals surface area contributed by atoms with Crippen LogP contribution in [-0.4, -0.2) is 50.5 Å². The third-order valence-electron chi connectivity index (χ3n) is 5.27. The van der Waals surface area contributed by atoms with Gasteiger partial charge in [0.05, 0.1) is 18.8 Å². The van der Waals surface area contributed by atoms with Gasteiger partial charge in [0.2, 0.25) is 5.91 Å². The predicted octanol–water partition coefficient (Wildman–Crippen LogP) is 1.61. The molecular weight excluding hydrogens is 280 g/mol. The maximum Gasteiger partial charge on any atom is 0.237 e. The van der Waals surface area contributed by atoms with Crippen LogP contribution < -0.4 is 10.6 Å². The van der Waals surface area contributed by atoms with Gasteiger partial charge in [-0.25, -0.2) is 0 Å². The Bertz CT molecular complexity index is 344. The van der Waals surface area contributed by atoms with Gasteiger partial charge in [0.15, 0.2) is 0 Å². The molecule has 2 heterocycles. The second-order valence-electron chi connectivity index (χ2n) is 6.96. The summed E-state index contributed by atoms with van der Waals surface area (Å²) in [6, 6.07) is 0.611. The van der Waals surface area contributed by atoms with Crippen LogP contribution in [0.5, 0.6) is 0 Å². The molecule has 2 saturated heterocycles. The van der Waals surface area contributed by atoms with Gasteiger partial charge in [-0.2, -0.15) is 0 Å². The van der Waals surface area contributed by atoms with E-state index in [0.717, 1.165) is 38.2 Å². The molecule has 0 aromatic heterocycles. The summed E-state index contributed by atoms with van der Waals surface area (Å²) in [6.45, 7) is 2.98. The number of nitrogens with one attached hydrogen (secondary N) is 2. The highest BCUT2D eigenvalue weighted by Crippen LogP contribution is 2.33. The first-order chi connectivity index (χ1) is 10.8. The average Bonchev–Trinajstić information content (AvgIpc) is 3.19. The van der Waals surface area contributed by atoms with Crippen LogP contribution in [0.4, 0.5) is 0 Å². The summed E-state index contributed by atoms with van der Waals surface area (Å²) in [7, 11) is 0. The van der Waals surface area contributed by atoms with E-state index in [1.807, 2.05) is 0 Å². The first kappa shape index (κ1) is 16.2. The van der Waals surface area contributed by atoms with Gasteiger partial charge in [-0.15, -0.1) is 0 Å². The number of rotatable bonds is 7. The first-order valence-corrected chi connectivity index (χ1v) is 9.06. The van der Waals surface area contributed by atoms with E-state index in [0.29, 0.717) is 31.9 Å². The molecule has 3 rings (SSSR count). The number of amides is 1. The van der Waals surface area contributed by atoms with Crippen LogP contribution in [0.1, 0.15) is 51.4 Å². The fourth-order valence-electron chi connectivity index (χ4n) is 4.02. The van der Waals surface area contributed by atoms with Crippen LogP contribution in [0.2, 0.25) is 0 Å². The van der Waals surface area contributed by atoms with Crippen molar-refractivity contribution < 1.29 is 14.3 Å². The Morgan fingerprint density at radius 3 is 2.95 bits per heavy atom. The summed E-state index contributed by atoms with van der Waals surface area (Å²) >= 11 is 0. The number of carbonyl (C=O) groups is 1. The van der Waals surface area contributed by atoms with E-state index in [4.69, 9.17) is 9.47 Å². The largest absolute Gasteiger partial charge is 0.379 e. The highest BCUT2D eigenvalue weighted by molar-refractivity contribution is 5.82. The van der Waals surface area contributed by atoms with E-state index >= 15 is 0 Å². The third-order valence-corrected chi connectivity index (χ3v) is 5.27. The fourth-order valence-corrected chi connectivity index (χ4v) is 4.02. The van der Waals surface area contributed by atoms with Crippen molar-refractivity contribution >= 4 is 5.91 Å². The number of carbonyl (C=O) groups excluding carboxylic acids is 1. The molecule has 0 spiro atoms. The minimum Gasteiger partial charge on any atom is -0.379 e. The Morgan fingerprint density at radius 1 is 1.23 bits per heavy atom. The van der Waals surface area contributed by atoms with E-state index in [9.17, 15) is 4.79 Å². The Morgan fingerprint density at radius 2 is 2.14 bits per heavy atom. The van der Waals surface area contributed by atoms with E-state index in [-0.39, 0.29) is 11.9 Å². The second-order valence-corrected chi connectivity index (χ2v) is 6.96. The zero-order chi connectivity index (χ0) is 15.2. The summed E-state index contributed by atoms with van der Waals surface area (Å²) < 4.78 is 11.1. The fraction of sp³-hybridized carbons (Fsp3) is 0.941. The van der Waals surface area contributed by atoms with Crippen LogP contribution in [0.25, 0.3) is 0 Å². The SMILES string of the molecule is O=C(NCCCOCC1CCCO1)C1CC2CCCCC2N1. The maximum atomic E-state index is 12.2. The van der Waals surface area contributed by atoms with Gasteiger partial charge in [-0.05, 0) is 44.4 Å². The molecule has 1 amide bonds. The number of ether oxygens (including phenoxy) is 2. The molecule has 5 heteroatoms. The van der Waals surface area contributed by atoms with Crippen molar-refractivity contribution in [3.63, 3.8) is 0 Å². The Kier molecular flexibility index (Phi) is 6.10. The zero-order valence-electron chi connectivity index (χ0n) is 13.5. The lowest BCUT2D eigenvalue weighted by atomic mass is 9.85. The highest BCUT2D eigenvalue weighted by atomic mass is 16.5. The molecule has 0 bridgehead atoms. The molecule has 2 N–H and O–H groups in total. The van der Waals surface area contributed by atoms with Gasteiger partial charge in [0, 0.05) is 25.8 Å². The minimum atomic E-state index is 0.0286. The van der Waals surface area contributed by atoms with E-state index in [2.05, 4.69) is 10.6 Å². The highest BCUT2D eigenvalue weighted by Gasteiger charge is 2.37. The topological polar surface area (TPSA) is 59.6 Å². The Balaban J connectivity index is 1.23. The molecule has 3 fully saturated rings. The molecule has 4 atom stereocenters. The van der Waals surface area contributed by atoms with E-state index < -0.39 is 0 Å². The number of hydrogen-bond acceptors (Lipinski definition) is 4. The van der Waals surface area contributed by atoms with Crippen molar-refractivity contribution in [2.75, 3.05) is 26.4 Å². The lowest BCUT2D eigenvalue weighted by Gasteiger charge is -2.24. The summed E-state index contributed by atoms with van der Waals surface area (Å²) in [6.07, 6.45) is 9.63. The molecule has 5 nitrogen and oxygen atoms in total. The number of fused-ring (bicyclic) bond motifs is 1. The molecule has 22 heavy (non-hydrogen) atoms. The van der Waals surface area contributed by atoms with Crippen LogP contribution in [0, 0.1) is 5.92 Å². The number of hydrogen-bond donors (Lipinski definition) is 2. The predicted molar refractivity (Wildman–Crippen MR) is 84.7 cm³/mol. The first-order valence-electron chi connectivity index (χ1n) is 9.06. The van der Waals surface area contributed by atoms with E-state index in [1.54, 1.807) is 0 Å². The molecule has 3 aliphatic rings. The lowest BCUT2D eigenvalue weighted by Crippen LogP contribution is -2.43. The van der Waals surface area contributed by atoms with Crippen molar-refractivity contribution in [1.82, 2.24) is 10.6 Å². The summed E-state index contributed by atoms with van der Waals surface area (Å²) in [4.78, 5) is 12.2. The molecule has 0 radical (unpaired) electrons. The standard InChI is InChI=1S/C17H30N2O3/c20-17(16-11-13-5-1-2-7-15(13)19-16)18-8-4-9-21-12-14-6-3-10-22-14/h13-16,19H,1-12H2,(H,18,20). The van der Waals surface area contributed by atoms with Crippen molar-refractivity contribution in [3.05, 3.63) is 0 Å². The van der Waals surface area contributed by atoms with Gasteiger partial charge in [0.25, 0.3) is 0 Å². The summed E-state index contributed by atoms with van der Waals surface area (Å²) in [5, 5.41) is 6.57. The summed E-state index contributed by atoms with van der Waals surface area (Å²) in [5.74, 6) is 0.896. The van der Waals surface area contributed by atoms with Gasteiger partial charge < -0.3 is 20.1 Å². The Labute approximate surface area is 133 Å². The van der Waals surface area contributed by atoms with Gasteiger partial charge in [0.1, 0.15) is 0 Å². The van der Waals surface area contributed by atoms with Crippen LogP contribution in [0.15, 0.2) is 0 Å². The molecule has 4 unspecified atom stereocenters. The third kappa shape index (κ3) is 4.43. The molecule has 2 aliphatic heterocycles.